The van der Waals surface area contributed by atoms with Gasteiger partial charge in [-0.05, 0) is 24.6 Å². The van der Waals surface area contributed by atoms with E-state index in [0.717, 1.165) is 24.3 Å². The maximum absolute atomic E-state index is 12.9. The molecule has 1 atom stereocenters. The van der Waals surface area contributed by atoms with Crippen LogP contribution in [0.3, 0.4) is 0 Å². The summed E-state index contributed by atoms with van der Waals surface area (Å²) in [6, 6.07) is 3.87. The lowest BCUT2D eigenvalue weighted by atomic mass is 10.2. The number of sulfone groups is 1. The van der Waals surface area contributed by atoms with Crippen molar-refractivity contribution in [3.63, 3.8) is 0 Å². The highest BCUT2D eigenvalue weighted by Gasteiger charge is 2.44. The van der Waals surface area contributed by atoms with Crippen molar-refractivity contribution in [2.75, 3.05) is 11.5 Å². The molecule has 0 saturated carbocycles. The maximum Gasteiger partial charge on any atom is 0.461 e. The molecule has 1 aromatic carbocycles. The molecule has 1 saturated heterocycles. The Bertz CT molecular complexity index is 798. The molecule has 0 bridgehead atoms. The van der Waals surface area contributed by atoms with Crippen molar-refractivity contribution in [1.29, 1.82) is 0 Å². The minimum absolute atomic E-state index is 0.0932. The number of alkyl carbamates (subject to hydrolysis) is 1. The minimum Gasteiger partial charge on any atom is -0.445 e. The number of carbonyl (C=O) groups excluding carboxylic acids is 2. The third-order valence-electron chi connectivity index (χ3n) is 3.28. The number of benzene rings is 1. The number of rotatable bonds is 5. The summed E-state index contributed by atoms with van der Waals surface area (Å²) in [5, 5.41) is 1.78. The maximum atomic E-state index is 12.9. The van der Waals surface area contributed by atoms with E-state index < -0.39 is 46.2 Å². The molecule has 1 heterocycles. The number of ether oxygens (including phenoxy) is 2. The molecule has 2 rings (SSSR count). The van der Waals surface area contributed by atoms with Gasteiger partial charge in [0, 0.05) is 5.56 Å². The van der Waals surface area contributed by atoms with Gasteiger partial charge in [0.2, 0.25) is 0 Å². The number of alkyl halides is 4. The van der Waals surface area contributed by atoms with Gasteiger partial charge in [-0.2, -0.15) is 17.6 Å². The SMILES string of the molecule is O=C(NC(=O)c1cccc(OC(F)(F)C(F)F)c1)O[C@H]1CCS(=O)(=O)C1. The molecule has 1 aliphatic heterocycles. The normalized spacial score (nSPS) is 19.2. The zero-order valence-corrected chi connectivity index (χ0v) is 13.8. The molecule has 0 aliphatic carbocycles. The summed E-state index contributed by atoms with van der Waals surface area (Å²) in [4.78, 5) is 23.5. The van der Waals surface area contributed by atoms with Crippen LogP contribution in [0.1, 0.15) is 16.8 Å². The third-order valence-corrected chi connectivity index (χ3v) is 5.02. The molecular weight excluding hydrogens is 386 g/mol. The first-order valence-corrected chi connectivity index (χ1v) is 8.98. The summed E-state index contributed by atoms with van der Waals surface area (Å²) in [7, 11) is -3.29. The van der Waals surface area contributed by atoms with Crippen molar-refractivity contribution >= 4 is 21.8 Å². The average molecular weight is 399 g/mol. The van der Waals surface area contributed by atoms with Gasteiger partial charge in [-0.3, -0.25) is 10.1 Å². The molecule has 1 aliphatic rings. The summed E-state index contributed by atoms with van der Waals surface area (Å²) in [6.45, 7) is 0. The van der Waals surface area contributed by atoms with Crippen LogP contribution in [0, 0.1) is 0 Å². The molecule has 1 fully saturated rings. The van der Waals surface area contributed by atoms with Crippen LogP contribution in [0.2, 0.25) is 0 Å². The van der Waals surface area contributed by atoms with Gasteiger partial charge < -0.3 is 9.47 Å². The molecule has 26 heavy (non-hydrogen) atoms. The number of hydrogen-bond acceptors (Lipinski definition) is 6. The predicted octanol–water partition coefficient (Wildman–Crippen LogP) is 1.98. The van der Waals surface area contributed by atoms with Crippen LogP contribution in [-0.4, -0.2) is 50.6 Å². The molecule has 0 spiro atoms. The zero-order chi connectivity index (χ0) is 19.5. The van der Waals surface area contributed by atoms with E-state index in [0.29, 0.717) is 0 Å². The Balaban J connectivity index is 1.97. The Morgan fingerprint density at radius 3 is 2.54 bits per heavy atom. The number of carbonyl (C=O) groups is 2. The fourth-order valence-electron chi connectivity index (χ4n) is 2.10. The monoisotopic (exact) mass is 399 g/mol. The van der Waals surface area contributed by atoms with Crippen LogP contribution in [0.4, 0.5) is 22.4 Å². The molecule has 0 unspecified atom stereocenters. The summed E-state index contributed by atoms with van der Waals surface area (Å²) in [6.07, 6.45) is -10.8. The van der Waals surface area contributed by atoms with Crippen molar-refractivity contribution < 1.29 is 45.0 Å². The van der Waals surface area contributed by atoms with Gasteiger partial charge in [-0.1, -0.05) is 6.07 Å². The van der Waals surface area contributed by atoms with Gasteiger partial charge in [0.25, 0.3) is 5.91 Å². The molecule has 1 aromatic rings. The Labute approximate surface area is 145 Å². The first-order chi connectivity index (χ1) is 12.0. The number of nitrogens with one attached hydrogen (secondary N) is 1. The lowest BCUT2D eigenvalue weighted by molar-refractivity contribution is -0.253. The standard InChI is InChI=1S/C14H13F4NO6S/c15-12(16)14(17,18)25-9-3-1-2-8(6-9)11(20)19-13(21)24-10-4-5-26(22,23)7-10/h1-3,6,10,12H,4-5,7H2,(H,19,20,21)/t10-/m0/s1. The Morgan fingerprint density at radius 2 is 1.96 bits per heavy atom. The molecule has 12 heteroatoms. The van der Waals surface area contributed by atoms with Crippen molar-refractivity contribution in [3.8, 4) is 5.75 Å². The Hall–Kier alpha value is -2.37. The van der Waals surface area contributed by atoms with Gasteiger partial charge in [-0.25, -0.2) is 13.2 Å². The number of hydrogen-bond donors (Lipinski definition) is 1. The fourth-order valence-corrected chi connectivity index (χ4v) is 3.69. The van der Waals surface area contributed by atoms with Gasteiger partial charge in [0.1, 0.15) is 11.9 Å². The summed E-state index contributed by atoms with van der Waals surface area (Å²) in [5.74, 6) is -2.28. The van der Waals surface area contributed by atoms with Crippen LogP contribution >= 0.6 is 0 Å². The summed E-state index contributed by atoms with van der Waals surface area (Å²) < 4.78 is 81.1. The van der Waals surface area contributed by atoms with Crippen molar-refractivity contribution in [1.82, 2.24) is 5.32 Å². The number of amides is 2. The quantitative estimate of drug-likeness (QED) is 0.761. The van der Waals surface area contributed by atoms with Crippen molar-refractivity contribution in [3.05, 3.63) is 29.8 Å². The number of halogens is 4. The summed E-state index contributed by atoms with van der Waals surface area (Å²) in [5.41, 5.74) is -0.330. The molecular formula is C14H13F4NO6S. The zero-order valence-electron chi connectivity index (χ0n) is 13.0. The molecule has 2 amide bonds. The fraction of sp³-hybridized carbons (Fsp3) is 0.429. The summed E-state index contributed by atoms with van der Waals surface area (Å²) >= 11 is 0. The van der Waals surface area contributed by atoms with Crippen LogP contribution in [-0.2, 0) is 14.6 Å². The van der Waals surface area contributed by atoms with E-state index in [1.807, 2.05) is 0 Å². The van der Waals surface area contributed by atoms with Crippen LogP contribution in [0.15, 0.2) is 24.3 Å². The smallest absolute Gasteiger partial charge is 0.445 e. The molecule has 7 nitrogen and oxygen atoms in total. The van der Waals surface area contributed by atoms with E-state index in [-0.39, 0.29) is 23.5 Å². The van der Waals surface area contributed by atoms with Crippen molar-refractivity contribution in [2.45, 2.75) is 25.1 Å². The van der Waals surface area contributed by atoms with E-state index in [2.05, 4.69) is 4.74 Å². The highest BCUT2D eigenvalue weighted by atomic mass is 32.2. The van der Waals surface area contributed by atoms with Gasteiger partial charge in [-0.15, -0.1) is 0 Å². The average Bonchev–Trinajstić information content (AvgIpc) is 2.85. The Kier molecular flexibility index (Phi) is 5.74. The number of imide groups is 1. The predicted molar refractivity (Wildman–Crippen MR) is 79.0 cm³/mol. The minimum atomic E-state index is -4.75. The first kappa shape index (κ1) is 19.9. The molecule has 0 aromatic heterocycles. The second-order valence-corrected chi connectivity index (χ2v) is 7.61. The highest BCUT2D eigenvalue weighted by molar-refractivity contribution is 7.91. The van der Waals surface area contributed by atoms with Crippen LogP contribution < -0.4 is 10.1 Å². The molecule has 144 valence electrons. The van der Waals surface area contributed by atoms with E-state index in [1.54, 1.807) is 5.32 Å². The van der Waals surface area contributed by atoms with E-state index in [9.17, 15) is 35.6 Å². The van der Waals surface area contributed by atoms with Crippen LogP contribution in [0.25, 0.3) is 0 Å². The Morgan fingerprint density at radius 1 is 1.27 bits per heavy atom. The second kappa shape index (κ2) is 7.48. The topological polar surface area (TPSA) is 98.8 Å². The lowest BCUT2D eigenvalue weighted by Gasteiger charge is -2.17. The molecule has 0 radical (unpaired) electrons. The first-order valence-electron chi connectivity index (χ1n) is 7.16. The van der Waals surface area contributed by atoms with Gasteiger partial charge >= 0.3 is 18.6 Å². The largest absolute Gasteiger partial charge is 0.461 e. The third kappa shape index (κ3) is 5.31. The van der Waals surface area contributed by atoms with Gasteiger partial charge in [0.15, 0.2) is 9.84 Å². The van der Waals surface area contributed by atoms with Crippen LogP contribution in [0.5, 0.6) is 5.75 Å². The van der Waals surface area contributed by atoms with Crippen molar-refractivity contribution in [2.24, 2.45) is 0 Å². The van der Waals surface area contributed by atoms with E-state index in [4.69, 9.17) is 4.74 Å². The van der Waals surface area contributed by atoms with E-state index in [1.165, 1.54) is 0 Å². The molecule has 1 N–H and O–H groups in total. The lowest BCUT2D eigenvalue weighted by Crippen LogP contribution is -2.35. The second-order valence-electron chi connectivity index (χ2n) is 5.38. The highest BCUT2D eigenvalue weighted by Crippen LogP contribution is 2.27. The van der Waals surface area contributed by atoms with E-state index >= 15 is 0 Å². The van der Waals surface area contributed by atoms with Gasteiger partial charge in [0.05, 0.1) is 11.5 Å².